The van der Waals surface area contributed by atoms with E-state index < -0.39 is 11.2 Å². The average molecular weight is 294 g/mol. The SMILES string of the molecule is Cn1c(=O)[nH]c(=O)c2c1nc(N1CCNCC1)n2CCO. The van der Waals surface area contributed by atoms with Gasteiger partial charge >= 0.3 is 5.69 Å². The first kappa shape index (κ1) is 13.8. The molecule has 0 saturated carbocycles. The quantitative estimate of drug-likeness (QED) is 0.594. The van der Waals surface area contributed by atoms with Crippen molar-refractivity contribution in [3.05, 3.63) is 20.8 Å². The van der Waals surface area contributed by atoms with E-state index in [1.165, 1.54) is 4.57 Å². The summed E-state index contributed by atoms with van der Waals surface area (Å²) in [5, 5.41) is 12.5. The van der Waals surface area contributed by atoms with Gasteiger partial charge in [-0.15, -0.1) is 0 Å². The van der Waals surface area contributed by atoms with Gasteiger partial charge in [-0.05, 0) is 0 Å². The van der Waals surface area contributed by atoms with Crippen LogP contribution in [0.1, 0.15) is 0 Å². The second-order valence-electron chi connectivity index (χ2n) is 5.01. The van der Waals surface area contributed by atoms with Crippen LogP contribution in [0.4, 0.5) is 5.95 Å². The third-order valence-electron chi connectivity index (χ3n) is 3.71. The summed E-state index contributed by atoms with van der Waals surface area (Å²) >= 11 is 0. The van der Waals surface area contributed by atoms with Crippen LogP contribution in [-0.4, -0.2) is 57.0 Å². The minimum Gasteiger partial charge on any atom is -0.395 e. The molecule has 1 saturated heterocycles. The lowest BCUT2D eigenvalue weighted by Gasteiger charge is -2.28. The Kier molecular flexibility index (Phi) is 3.52. The van der Waals surface area contributed by atoms with Crippen LogP contribution < -0.4 is 21.5 Å². The molecule has 3 rings (SSSR count). The van der Waals surface area contributed by atoms with Gasteiger partial charge in [-0.1, -0.05) is 0 Å². The van der Waals surface area contributed by atoms with E-state index in [4.69, 9.17) is 0 Å². The number of H-pyrrole nitrogens is 1. The van der Waals surface area contributed by atoms with Crippen molar-refractivity contribution in [2.45, 2.75) is 6.54 Å². The smallest absolute Gasteiger partial charge is 0.329 e. The molecular weight excluding hydrogens is 276 g/mol. The maximum absolute atomic E-state index is 12.1. The zero-order chi connectivity index (χ0) is 15.0. The normalized spacial score (nSPS) is 15.8. The van der Waals surface area contributed by atoms with Gasteiger partial charge in [0.05, 0.1) is 6.61 Å². The summed E-state index contributed by atoms with van der Waals surface area (Å²) in [5.41, 5.74) is -0.311. The second kappa shape index (κ2) is 5.34. The van der Waals surface area contributed by atoms with E-state index in [1.807, 2.05) is 0 Å². The van der Waals surface area contributed by atoms with Crippen molar-refractivity contribution in [1.29, 1.82) is 0 Å². The van der Waals surface area contributed by atoms with E-state index in [2.05, 4.69) is 20.2 Å². The molecule has 1 aliphatic heterocycles. The fourth-order valence-electron chi connectivity index (χ4n) is 2.64. The highest BCUT2D eigenvalue weighted by molar-refractivity contribution is 5.74. The molecule has 2 aromatic rings. The van der Waals surface area contributed by atoms with Crippen LogP contribution in [0.5, 0.6) is 0 Å². The number of hydrogen-bond acceptors (Lipinski definition) is 6. The number of hydrogen-bond donors (Lipinski definition) is 3. The lowest BCUT2D eigenvalue weighted by atomic mass is 10.4. The Bertz CT molecular complexity index is 768. The molecule has 0 aromatic carbocycles. The molecule has 114 valence electrons. The van der Waals surface area contributed by atoms with E-state index >= 15 is 0 Å². The number of aromatic nitrogens is 4. The summed E-state index contributed by atoms with van der Waals surface area (Å²) in [6, 6.07) is 0. The van der Waals surface area contributed by atoms with Gasteiger partial charge in [0.15, 0.2) is 11.2 Å². The van der Waals surface area contributed by atoms with Crippen molar-refractivity contribution in [3.63, 3.8) is 0 Å². The Hall–Kier alpha value is -2.13. The number of nitrogens with zero attached hydrogens (tertiary/aromatic N) is 4. The number of aliphatic hydroxyl groups is 1. The molecule has 0 atom stereocenters. The predicted molar refractivity (Wildman–Crippen MR) is 77.8 cm³/mol. The summed E-state index contributed by atoms with van der Waals surface area (Å²) < 4.78 is 3.00. The third-order valence-corrected chi connectivity index (χ3v) is 3.71. The number of imidazole rings is 1. The zero-order valence-corrected chi connectivity index (χ0v) is 11.8. The third kappa shape index (κ3) is 2.24. The molecule has 1 fully saturated rings. The Morgan fingerprint density at radius 1 is 1.29 bits per heavy atom. The van der Waals surface area contributed by atoms with Gasteiger partial charge in [0, 0.05) is 39.8 Å². The first-order valence-corrected chi connectivity index (χ1v) is 6.89. The number of aliphatic hydroxyl groups excluding tert-OH is 1. The van der Waals surface area contributed by atoms with Crippen molar-refractivity contribution >= 4 is 17.1 Å². The van der Waals surface area contributed by atoms with Crippen LogP contribution in [-0.2, 0) is 13.6 Å². The van der Waals surface area contributed by atoms with Crippen molar-refractivity contribution in [2.24, 2.45) is 7.05 Å². The molecule has 0 radical (unpaired) electrons. The van der Waals surface area contributed by atoms with Crippen LogP contribution in [0.2, 0.25) is 0 Å². The topological polar surface area (TPSA) is 108 Å². The maximum atomic E-state index is 12.1. The Morgan fingerprint density at radius 3 is 2.67 bits per heavy atom. The molecule has 3 heterocycles. The molecule has 9 heteroatoms. The highest BCUT2D eigenvalue weighted by atomic mass is 16.3. The molecule has 9 nitrogen and oxygen atoms in total. The Balaban J connectivity index is 2.26. The van der Waals surface area contributed by atoms with Gasteiger partial charge in [0.1, 0.15) is 0 Å². The highest BCUT2D eigenvalue weighted by Gasteiger charge is 2.22. The molecule has 1 aliphatic rings. The molecule has 0 spiro atoms. The number of rotatable bonds is 3. The molecule has 21 heavy (non-hydrogen) atoms. The molecule has 0 unspecified atom stereocenters. The second-order valence-corrected chi connectivity index (χ2v) is 5.01. The van der Waals surface area contributed by atoms with Crippen LogP contribution in [0.3, 0.4) is 0 Å². The lowest BCUT2D eigenvalue weighted by molar-refractivity contribution is 0.277. The molecule has 0 amide bonds. The first-order chi connectivity index (χ1) is 10.1. The number of nitrogens with one attached hydrogen (secondary N) is 2. The molecule has 2 aromatic heterocycles. The van der Waals surface area contributed by atoms with Gasteiger partial charge in [-0.25, -0.2) is 4.79 Å². The van der Waals surface area contributed by atoms with E-state index in [-0.39, 0.29) is 13.2 Å². The van der Waals surface area contributed by atoms with Crippen molar-refractivity contribution in [2.75, 3.05) is 37.7 Å². The number of fused-ring (bicyclic) bond motifs is 1. The zero-order valence-electron chi connectivity index (χ0n) is 11.8. The minimum atomic E-state index is -0.493. The van der Waals surface area contributed by atoms with Gasteiger partial charge in [-0.2, -0.15) is 4.98 Å². The largest absolute Gasteiger partial charge is 0.395 e. The van der Waals surface area contributed by atoms with E-state index in [9.17, 15) is 14.7 Å². The monoisotopic (exact) mass is 294 g/mol. The van der Waals surface area contributed by atoms with Gasteiger partial charge < -0.3 is 19.9 Å². The Morgan fingerprint density at radius 2 is 2.00 bits per heavy atom. The summed E-state index contributed by atoms with van der Waals surface area (Å²) in [6.07, 6.45) is 0. The molecule has 0 bridgehead atoms. The number of piperazine rings is 1. The fraction of sp³-hybridized carbons (Fsp3) is 0.583. The summed E-state index contributed by atoms with van der Waals surface area (Å²) in [6.45, 7) is 3.35. The summed E-state index contributed by atoms with van der Waals surface area (Å²) in [5.74, 6) is 0.618. The van der Waals surface area contributed by atoms with Crippen LogP contribution in [0, 0.1) is 0 Å². The molecule has 3 N–H and O–H groups in total. The van der Waals surface area contributed by atoms with Gasteiger partial charge in [0.2, 0.25) is 5.95 Å². The first-order valence-electron chi connectivity index (χ1n) is 6.89. The van der Waals surface area contributed by atoms with Gasteiger partial charge in [-0.3, -0.25) is 14.3 Å². The number of aromatic amines is 1. The van der Waals surface area contributed by atoms with Crippen LogP contribution in [0.25, 0.3) is 11.2 Å². The summed E-state index contributed by atoms with van der Waals surface area (Å²) in [4.78, 5) is 32.6. The fourth-order valence-corrected chi connectivity index (χ4v) is 2.64. The number of aryl methyl sites for hydroxylation is 1. The van der Waals surface area contributed by atoms with Crippen molar-refractivity contribution in [1.82, 2.24) is 24.4 Å². The number of anilines is 1. The van der Waals surface area contributed by atoms with E-state index in [1.54, 1.807) is 11.6 Å². The average Bonchev–Trinajstić information content (AvgIpc) is 2.86. The van der Waals surface area contributed by atoms with Crippen LogP contribution in [0.15, 0.2) is 9.59 Å². The standard InChI is InChI=1S/C12H18N6O3/c1-16-9-8(10(20)15-12(16)21)18(6-7-19)11(14-9)17-4-2-13-3-5-17/h13,19H,2-7H2,1H3,(H,15,20,21). The van der Waals surface area contributed by atoms with Crippen LogP contribution >= 0.6 is 0 Å². The summed E-state index contributed by atoms with van der Waals surface area (Å²) in [7, 11) is 1.57. The van der Waals surface area contributed by atoms with Crippen molar-refractivity contribution in [3.8, 4) is 0 Å². The Labute approximate surface area is 119 Å². The predicted octanol–water partition coefficient (Wildman–Crippen LogP) is -2.17. The minimum absolute atomic E-state index is 0.104. The maximum Gasteiger partial charge on any atom is 0.329 e. The van der Waals surface area contributed by atoms with E-state index in [0.717, 1.165) is 26.2 Å². The van der Waals surface area contributed by atoms with Crippen molar-refractivity contribution < 1.29 is 5.11 Å². The lowest BCUT2D eigenvalue weighted by Crippen LogP contribution is -2.44. The highest BCUT2D eigenvalue weighted by Crippen LogP contribution is 2.19. The van der Waals surface area contributed by atoms with Gasteiger partial charge in [0.25, 0.3) is 5.56 Å². The molecule has 0 aliphatic carbocycles. The molecular formula is C12H18N6O3. The van der Waals surface area contributed by atoms with E-state index in [0.29, 0.717) is 17.1 Å².